The number of nitrogens with one attached hydrogen (secondary N) is 1. The Bertz CT molecular complexity index is 1200. The molecule has 0 bridgehead atoms. The number of hydrogen-bond acceptors (Lipinski definition) is 5. The summed E-state index contributed by atoms with van der Waals surface area (Å²) in [6.07, 6.45) is 62.4. The maximum Gasteiger partial charge on any atom is 0.472 e. The lowest BCUT2D eigenvalue weighted by molar-refractivity contribution is -0.870. The van der Waals surface area contributed by atoms with Gasteiger partial charge in [-0.25, -0.2) is 4.57 Å². The zero-order valence-corrected chi connectivity index (χ0v) is 44.4. The smallest absolute Gasteiger partial charge is 0.387 e. The van der Waals surface area contributed by atoms with Crippen molar-refractivity contribution >= 4 is 13.7 Å². The van der Waals surface area contributed by atoms with Crippen LogP contribution < -0.4 is 5.32 Å². The highest BCUT2D eigenvalue weighted by atomic mass is 31.2. The van der Waals surface area contributed by atoms with Crippen LogP contribution in [0.1, 0.15) is 251 Å². The minimum Gasteiger partial charge on any atom is -0.387 e. The number of quaternary nitrogens is 1. The minimum absolute atomic E-state index is 0.0617. The molecule has 0 aliphatic heterocycles. The van der Waals surface area contributed by atoms with Crippen LogP contribution in [0.2, 0.25) is 0 Å². The molecular weight excluding hydrogens is 828 g/mol. The number of nitrogens with zero attached hydrogens (tertiary/aromatic N) is 1. The van der Waals surface area contributed by atoms with Crippen molar-refractivity contribution in [3.8, 4) is 0 Å². The molecule has 3 unspecified atom stereocenters. The molecule has 0 aromatic heterocycles. The van der Waals surface area contributed by atoms with Crippen LogP contribution in [-0.4, -0.2) is 73.4 Å². The van der Waals surface area contributed by atoms with E-state index in [4.69, 9.17) is 9.05 Å². The number of allylic oxidation sites excluding steroid dienone is 7. The summed E-state index contributed by atoms with van der Waals surface area (Å²) in [6, 6.07) is -0.843. The van der Waals surface area contributed by atoms with E-state index >= 15 is 0 Å². The molecule has 382 valence electrons. The van der Waals surface area contributed by atoms with E-state index in [2.05, 4.69) is 55.6 Å². The summed E-state index contributed by atoms with van der Waals surface area (Å²) in [4.78, 5) is 23.1. The lowest BCUT2D eigenvalue weighted by Gasteiger charge is -2.25. The Balaban J connectivity index is 3.87. The van der Waals surface area contributed by atoms with E-state index in [0.29, 0.717) is 17.4 Å². The molecule has 0 aromatic carbocycles. The van der Waals surface area contributed by atoms with Gasteiger partial charge in [0.25, 0.3) is 0 Å². The molecule has 0 heterocycles. The molecule has 3 atom stereocenters. The molecule has 9 heteroatoms. The Morgan fingerprint density at radius 3 is 1.28 bits per heavy atom. The van der Waals surface area contributed by atoms with Crippen molar-refractivity contribution < 1.29 is 32.9 Å². The molecule has 0 saturated carbocycles. The zero-order valence-electron chi connectivity index (χ0n) is 43.5. The van der Waals surface area contributed by atoms with Crippen molar-refractivity contribution in [2.24, 2.45) is 0 Å². The van der Waals surface area contributed by atoms with E-state index in [1.807, 2.05) is 27.2 Å². The van der Waals surface area contributed by atoms with E-state index in [9.17, 15) is 19.4 Å². The molecule has 65 heavy (non-hydrogen) atoms. The summed E-state index contributed by atoms with van der Waals surface area (Å²) in [7, 11) is 1.57. The molecule has 3 N–H and O–H groups in total. The molecule has 0 aromatic rings. The molecular formula is C56H108N2O6P+. The van der Waals surface area contributed by atoms with Crippen molar-refractivity contribution in [3.05, 3.63) is 48.6 Å². The third-order valence-corrected chi connectivity index (χ3v) is 13.3. The second-order valence-corrected chi connectivity index (χ2v) is 21.4. The van der Waals surface area contributed by atoms with E-state index in [0.717, 1.165) is 51.4 Å². The summed E-state index contributed by atoms with van der Waals surface area (Å²) in [6.45, 7) is 4.77. The van der Waals surface area contributed by atoms with Gasteiger partial charge in [-0.3, -0.25) is 13.8 Å². The quantitative estimate of drug-likeness (QED) is 0.0243. The molecule has 8 nitrogen and oxygen atoms in total. The van der Waals surface area contributed by atoms with Gasteiger partial charge in [0.1, 0.15) is 13.2 Å². The molecule has 1 amide bonds. The lowest BCUT2D eigenvalue weighted by Crippen LogP contribution is -2.45. The van der Waals surface area contributed by atoms with Crippen LogP contribution in [0.4, 0.5) is 0 Å². The first kappa shape index (κ1) is 63.5. The first-order chi connectivity index (χ1) is 31.5. The first-order valence-corrected chi connectivity index (χ1v) is 29.0. The standard InChI is InChI=1S/C56H107N2O6P/c1-6-8-10-12-14-16-17-18-19-20-21-22-23-24-25-26-27-28-29-30-31-32-33-34-35-36-37-38-39-40-41-42-44-46-48-50-56(60)57-54(53-64-65(61,62)63-52-51-58(3,4)5)55(59)49-47-45-43-15-13-11-9-7-2/h17-18,20-21,23-24,47,49,54-55,59H,6-16,19,22,25-46,48,50-53H2,1-5H3,(H-,57,60,61,62)/p+1/b18-17-,21-20-,24-23-,49-47+. The Morgan fingerprint density at radius 2 is 0.877 bits per heavy atom. The molecule has 0 saturated heterocycles. The predicted molar refractivity (Wildman–Crippen MR) is 281 cm³/mol. The van der Waals surface area contributed by atoms with E-state index in [-0.39, 0.29) is 19.1 Å². The number of carbonyl (C=O) groups is 1. The van der Waals surface area contributed by atoms with Gasteiger partial charge in [-0.2, -0.15) is 0 Å². The van der Waals surface area contributed by atoms with Gasteiger partial charge in [-0.15, -0.1) is 0 Å². The fourth-order valence-electron chi connectivity index (χ4n) is 7.93. The van der Waals surface area contributed by atoms with Gasteiger partial charge in [0.15, 0.2) is 0 Å². The summed E-state index contributed by atoms with van der Waals surface area (Å²) >= 11 is 0. The monoisotopic (exact) mass is 936 g/mol. The highest BCUT2D eigenvalue weighted by Gasteiger charge is 2.27. The minimum atomic E-state index is -4.33. The third kappa shape index (κ3) is 50.2. The van der Waals surface area contributed by atoms with Crippen LogP contribution in [-0.2, 0) is 18.4 Å². The van der Waals surface area contributed by atoms with Crippen LogP contribution in [0.5, 0.6) is 0 Å². The van der Waals surface area contributed by atoms with Gasteiger partial charge >= 0.3 is 7.82 Å². The van der Waals surface area contributed by atoms with E-state index < -0.39 is 20.0 Å². The second kappa shape index (κ2) is 47.5. The largest absolute Gasteiger partial charge is 0.472 e. The molecule has 0 fully saturated rings. The van der Waals surface area contributed by atoms with Crippen LogP contribution in [0, 0.1) is 0 Å². The SMILES string of the molecule is CCCCCCC/C=C\C/C=C\C/C=C\CCCCCCCCCCCCCCCCCCCCCCC(=O)NC(COP(=O)(O)OCC[N+](C)(C)C)C(O)/C=C/CCCCCCCC. The lowest BCUT2D eigenvalue weighted by atomic mass is 10.0. The average molecular weight is 936 g/mol. The molecule has 0 aliphatic carbocycles. The van der Waals surface area contributed by atoms with Gasteiger partial charge in [-0.1, -0.05) is 236 Å². The highest BCUT2D eigenvalue weighted by Crippen LogP contribution is 2.43. The van der Waals surface area contributed by atoms with Gasteiger partial charge in [0, 0.05) is 6.42 Å². The predicted octanol–water partition coefficient (Wildman–Crippen LogP) is 16.4. The first-order valence-electron chi connectivity index (χ1n) is 27.5. The van der Waals surface area contributed by atoms with Crippen molar-refractivity contribution in [2.75, 3.05) is 40.9 Å². The van der Waals surface area contributed by atoms with Crippen LogP contribution in [0.15, 0.2) is 48.6 Å². The van der Waals surface area contributed by atoms with E-state index in [1.165, 1.54) is 180 Å². The number of phosphoric acid groups is 1. The van der Waals surface area contributed by atoms with Crippen molar-refractivity contribution in [2.45, 2.75) is 264 Å². The third-order valence-electron chi connectivity index (χ3n) is 12.3. The Kier molecular flexibility index (Phi) is 46.4. The zero-order chi connectivity index (χ0) is 47.8. The number of hydrogen-bond donors (Lipinski definition) is 3. The number of amides is 1. The maximum absolute atomic E-state index is 12.9. The average Bonchev–Trinajstić information content (AvgIpc) is 3.26. The van der Waals surface area contributed by atoms with E-state index in [1.54, 1.807) is 6.08 Å². The van der Waals surface area contributed by atoms with Crippen molar-refractivity contribution in [1.29, 1.82) is 0 Å². The second-order valence-electron chi connectivity index (χ2n) is 20.0. The number of aliphatic hydroxyl groups is 1. The van der Waals surface area contributed by atoms with Gasteiger partial charge in [0.05, 0.1) is 39.9 Å². The fraction of sp³-hybridized carbons (Fsp3) is 0.839. The molecule has 0 rings (SSSR count). The normalized spacial score (nSPS) is 14.4. The van der Waals surface area contributed by atoms with Crippen molar-refractivity contribution in [1.82, 2.24) is 5.32 Å². The highest BCUT2D eigenvalue weighted by molar-refractivity contribution is 7.47. The van der Waals surface area contributed by atoms with Crippen LogP contribution in [0.25, 0.3) is 0 Å². The summed E-state index contributed by atoms with van der Waals surface area (Å²) < 4.78 is 23.5. The van der Waals surface area contributed by atoms with Gasteiger partial charge < -0.3 is 19.8 Å². The molecule has 0 radical (unpaired) electrons. The fourth-order valence-corrected chi connectivity index (χ4v) is 8.67. The Hall–Kier alpha value is -1.54. The molecule has 0 aliphatic rings. The van der Waals surface area contributed by atoms with Crippen LogP contribution >= 0.6 is 7.82 Å². The summed E-state index contributed by atoms with van der Waals surface area (Å²) in [5.74, 6) is -0.178. The number of likely N-dealkylation sites (N-methyl/N-ethyl adjacent to an activating group) is 1. The number of aliphatic hydroxyl groups excluding tert-OH is 1. The summed E-state index contributed by atoms with van der Waals surface area (Å²) in [5, 5.41) is 13.8. The number of carbonyl (C=O) groups excluding carboxylic acids is 1. The Morgan fingerprint density at radius 1 is 0.523 bits per heavy atom. The maximum atomic E-state index is 12.9. The number of rotatable bonds is 50. The van der Waals surface area contributed by atoms with Crippen LogP contribution in [0.3, 0.4) is 0 Å². The molecule has 0 spiro atoms. The van der Waals surface area contributed by atoms with Gasteiger partial charge in [0.2, 0.25) is 5.91 Å². The summed E-state index contributed by atoms with van der Waals surface area (Å²) in [5.41, 5.74) is 0. The number of unbranched alkanes of at least 4 members (excludes halogenated alkanes) is 31. The van der Waals surface area contributed by atoms with Crippen molar-refractivity contribution in [3.63, 3.8) is 0 Å². The van der Waals surface area contributed by atoms with Gasteiger partial charge in [-0.05, 0) is 57.8 Å². The number of phosphoric ester groups is 1. The Labute approximate surface area is 403 Å². The topological polar surface area (TPSA) is 105 Å².